The molecule has 0 aliphatic heterocycles. The van der Waals surface area contributed by atoms with Gasteiger partial charge in [0.1, 0.15) is 5.69 Å². The van der Waals surface area contributed by atoms with Gasteiger partial charge in [0.25, 0.3) is 5.91 Å². The number of carbonyl (C=O) groups excluding carboxylic acids is 1. The molecule has 0 unspecified atom stereocenters. The van der Waals surface area contributed by atoms with E-state index in [1.165, 1.54) is 18.2 Å². The molecule has 19 heavy (non-hydrogen) atoms. The number of hydrogen-bond donors (Lipinski definition) is 1. The fraction of sp³-hybridized carbons (Fsp3) is 0.0714. The molecule has 1 N–H and O–H groups in total. The highest BCUT2D eigenvalue weighted by molar-refractivity contribution is 5.92. The van der Waals surface area contributed by atoms with Crippen LogP contribution in [0, 0.1) is 17.3 Å². The molecule has 2 aromatic rings. The molecule has 1 heterocycles. The van der Waals surface area contributed by atoms with Crippen LogP contribution in [0.2, 0.25) is 0 Å². The summed E-state index contributed by atoms with van der Waals surface area (Å²) in [6.45, 7) is 0.256. The number of carbonyl (C=O) groups is 1. The second-order valence-electron chi connectivity index (χ2n) is 3.84. The molecule has 0 saturated heterocycles. The minimum atomic E-state index is -0.695. The Morgan fingerprint density at radius 3 is 2.84 bits per heavy atom. The Hall–Kier alpha value is -2.74. The Balaban J connectivity index is 2.02. The van der Waals surface area contributed by atoms with E-state index in [-0.39, 0.29) is 12.2 Å². The topological polar surface area (TPSA) is 65.8 Å². The molecule has 94 valence electrons. The highest BCUT2D eigenvalue weighted by Crippen LogP contribution is 2.04. The van der Waals surface area contributed by atoms with E-state index in [4.69, 9.17) is 5.26 Å². The predicted octanol–water partition coefficient (Wildman–Crippen LogP) is 2.02. The number of nitrogens with one attached hydrogen (secondary N) is 1. The van der Waals surface area contributed by atoms with E-state index >= 15 is 0 Å². The summed E-state index contributed by atoms with van der Waals surface area (Å²) in [7, 11) is 0. The number of pyridine rings is 1. The zero-order chi connectivity index (χ0) is 13.7. The minimum absolute atomic E-state index is 0.0245. The van der Waals surface area contributed by atoms with Gasteiger partial charge in [-0.2, -0.15) is 9.65 Å². The smallest absolute Gasteiger partial charge is 0.270 e. The molecule has 0 bridgehead atoms. The molecule has 0 aliphatic carbocycles. The summed E-state index contributed by atoms with van der Waals surface area (Å²) in [6.07, 6.45) is 0. The average molecular weight is 255 g/mol. The third-order valence-corrected chi connectivity index (χ3v) is 2.46. The van der Waals surface area contributed by atoms with E-state index in [2.05, 4.69) is 10.3 Å². The number of aromatic nitrogens is 1. The first-order chi connectivity index (χ1) is 9.19. The van der Waals surface area contributed by atoms with Crippen LogP contribution in [0.15, 0.2) is 42.5 Å². The molecule has 1 aromatic carbocycles. The normalized spacial score (nSPS) is 9.68. The molecule has 0 fully saturated rings. The summed E-state index contributed by atoms with van der Waals surface area (Å²) in [5, 5.41) is 11.4. The van der Waals surface area contributed by atoms with Crippen molar-refractivity contribution in [3.05, 3.63) is 65.2 Å². The number of amides is 1. The Morgan fingerprint density at radius 2 is 2.11 bits per heavy atom. The van der Waals surface area contributed by atoms with E-state index in [0.29, 0.717) is 5.56 Å². The molecule has 0 atom stereocenters. The Morgan fingerprint density at radius 1 is 1.32 bits per heavy atom. The maximum Gasteiger partial charge on any atom is 0.270 e. The molecule has 0 spiro atoms. The average Bonchev–Trinajstić information content (AvgIpc) is 2.45. The Bertz CT molecular complexity index is 649. The van der Waals surface area contributed by atoms with Crippen molar-refractivity contribution in [3.8, 4) is 6.07 Å². The van der Waals surface area contributed by atoms with Crippen molar-refractivity contribution in [2.75, 3.05) is 0 Å². The van der Waals surface area contributed by atoms with Gasteiger partial charge in [0.05, 0.1) is 11.6 Å². The molecule has 5 heteroatoms. The van der Waals surface area contributed by atoms with Crippen LogP contribution in [-0.4, -0.2) is 10.9 Å². The largest absolute Gasteiger partial charge is 0.347 e. The van der Waals surface area contributed by atoms with Gasteiger partial charge in [0.15, 0.2) is 0 Å². The summed E-state index contributed by atoms with van der Waals surface area (Å²) < 4.78 is 12.9. The number of halogens is 1. The highest BCUT2D eigenvalue weighted by atomic mass is 19.1. The van der Waals surface area contributed by atoms with Crippen LogP contribution < -0.4 is 5.32 Å². The summed E-state index contributed by atoms with van der Waals surface area (Å²) in [4.78, 5) is 15.2. The van der Waals surface area contributed by atoms with Gasteiger partial charge in [-0.05, 0) is 29.8 Å². The lowest BCUT2D eigenvalue weighted by Gasteiger charge is -2.05. The maximum absolute atomic E-state index is 12.9. The third-order valence-electron chi connectivity index (χ3n) is 2.46. The number of nitrogens with zero attached hydrogens (tertiary/aromatic N) is 2. The number of benzene rings is 1. The zero-order valence-corrected chi connectivity index (χ0v) is 9.93. The van der Waals surface area contributed by atoms with Crippen molar-refractivity contribution in [2.45, 2.75) is 6.54 Å². The van der Waals surface area contributed by atoms with Crippen LogP contribution in [0.3, 0.4) is 0 Å². The lowest BCUT2D eigenvalue weighted by atomic mass is 10.1. The van der Waals surface area contributed by atoms with Crippen molar-refractivity contribution < 1.29 is 9.18 Å². The summed E-state index contributed by atoms with van der Waals surface area (Å²) >= 11 is 0. The first-order valence-electron chi connectivity index (χ1n) is 5.59. The molecular weight excluding hydrogens is 245 g/mol. The van der Waals surface area contributed by atoms with Gasteiger partial charge in [-0.1, -0.05) is 18.2 Å². The van der Waals surface area contributed by atoms with Gasteiger partial charge in [-0.25, -0.2) is 4.98 Å². The standard InChI is InChI=1S/C14H10FN3O/c15-13-6-2-5-12(18-13)14(19)17-9-11-4-1-3-10(7-11)8-16/h1-7H,9H2,(H,17,19). The first-order valence-corrected chi connectivity index (χ1v) is 5.59. The molecule has 0 radical (unpaired) electrons. The van der Waals surface area contributed by atoms with E-state index in [1.807, 2.05) is 6.07 Å². The quantitative estimate of drug-likeness (QED) is 0.853. The molecule has 1 aromatic heterocycles. The minimum Gasteiger partial charge on any atom is -0.347 e. The predicted molar refractivity (Wildman–Crippen MR) is 66.5 cm³/mol. The van der Waals surface area contributed by atoms with Gasteiger partial charge in [0.2, 0.25) is 5.95 Å². The van der Waals surface area contributed by atoms with Crippen LogP contribution in [0.25, 0.3) is 0 Å². The van der Waals surface area contributed by atoms with Crippen LogP contribution in [0.1, 0.15) is 21.6 Å². The van der Waals surface area contributed by atoms with Gasteiger partial charge in [-0.3, -0.25) is 4.79 Å². The van der Waals surface area contributed by atoms with Crippen LogP contribution in [-0.2, 0) is 6.54 Å². The van der Waals surface area contributed by atoms with E-state index in [0.717, 1.165) is 5.56 Å². The van der Waals surface area contributed by atoms with Crippen molar-refractivity contribution in [1.29, 1.82) is 5.26 Å². The lowest BCUT2D eigenvalue weighted by molar-refractivity contribution is 0.0944. The number of nitriles is 1. The monoisotopic (exact) mass is 255 g/mol. The van der Waals surface area contributed by atoms with E-state index in [9.17, 15) is 9.18 Å². The fourth-order valence-electron chi connectivity index (χ4n) is 1.56. The third kappa shape index (κ3) is 3.36. The Labute approximate surface area is 109 Å². The number of hydrogen-bond acceptors (Lipinski definition) is 3. The SMILES string of the molecule is N#Cc1cccc(CNC(=O)c2cccc(F)n2)c1. The van der Waals surface area contributed by atoms with Crippen molar-refractivity contribution in [2.24, 2.45) is 0 Å². The van der Waals surface area contributed by atoms with Gasteiger partial charge >= 0.3 is 0 Å². The lowest BCUT2D eigenvalue weighted by Crippen LogP contribution is -2.24. The number of rotatable bonds is 3. The molecule has 2 rings (SSSR count). The fourth-order valence-corrected chi connectivity index (χ4v) is 1.56. The van der Waals surface area contributed by atoms with E-state index in [1.54, 1.807) is 24.3 Å². The summed E-state index contributed by atoms with van der Waals surface area (Å²) in [5.41, 5.74) is 1.34. The van der Waals surface area contributed by atoms with Crippen molar-refractivity contribution in [1.82, 2.24) is 10.3 Å². The second kappa shape index (κ2) is 5.74. The first kappa shape index (κ1) is 12.7. The van der Waals surface area contributed by atoms with Gasteiger partial charge in [-0.15, -0.1) is 0 Å². The van der Waals surface area contributed by atoms with Crippen LogP contribution in [0.4, 0.5) is 4.39 Å². The van der Waals surface area contributed by atoms with Gasteiger partial charge < -0.3 is 5.32 Å². The molecule has 0 aliphatic rings. The van der Waals surface area contributed by atoms with Crippen LogP contribution in [0.5, 0.6) is 0 Å². The van der Waals surface area contributed by atoms with Crippen molar-refractivity contribution in [3.63, 3.8) is 0 Å². The molecule has 0 saturated carbocycles. The highest BCUT2D eigenvalue weighted by Gasteiger charge is 2.07. The summed E-state index contributed by atoms with van der Waals surface area (Å²) in [5.74, 6) is -1.15. The van der Waals surface area contributed by atoms with Gasteiger partial charge in [0, 0.05) is 6.54 Å². The molecule has 1 amide bonds. The van der Waals surface area contributed by atoms with E-state index < -0.39 is 11.9 Å². The second-order valence-corrected chi connectivity index (χ2v) is 3.84. The maximum atomic E-state index is 12.9. The zero-order valence-electron chi connectivity index (χ0n) is 9.93. The molecule has 4 nitrogen and oxygen atoms in total. The molecular formula is C14H10FN3O. The van der Waals surface area contributed by atoms with Crippen LogP contribution >= 0.6 is 0 Å². The Kier molecular flexibility index (Phi) is 3.84. The summed E-state index contributed by atoms with van der Waals surface area (Å²) in [6, 6.07) is 12.9. The van der Waals surface area contributed by atoms with Crippen molar-refractivity contribution >= 4 is 5.91 Å².